The molecule has 0 saturated heterocycles. The molecule has 0 aliphatic heterocycles. The molecule has 2 heteroatoms. The molecule has 0 spiro atoms. The van der Waals surface area contributed by atoms with Gasteiger partial charge in [-0.25, -0.2) is 0 Å². The average molecular weight is 181 g/mol. The van der Waals surface area contributed by atoms with Crippen LogP contribution in [0.2, 0.25) is 4.44 Å². The van der Waals surface area contributed by atoms with E-state index in [1.165, 1.54) is 4.44 Å². The van der Waals surface area contributed by atoms with Crippen LogP contribution in [0.3, 0.4) is 0 Å². The summed E-state index contributed by atoms with van der Waals surface area (Å²) in [5, 5.41) is 0. The van der Waals surface area contributed by atoms with Crippen molar-refractivity contribution in [3.05, 3.63) is 0 Å². The van der Waals surface area contributed by atoms with Crippen molar-refractivity contribution in [2.45, 2.75) is 11.4 Å². The summed E-state index contributed by atoms with van der Waals surface area (Å²) in [4.78, 5) is 0. The minimum atomic E-state index is -0.322. The van der Waals surface area contributed by atoms with E-state index in [2.05, 4.69) is 6.92 Å². The fourth-order valence-corrected chi connectivity index (χ4v) is 0. The Morgan fingerprint density at radius 2 is 2.25 bits per heavy atom. The summed E-state index contributed by atoms with van der Waals surface area (Å²) in [7, 11) is 4.74. The molecule has 24 valence electrons. The van der Waals surface area contributed by atoms with Crippen molar-refractivity contribution in [3.8, 4) is 0 Å². The maximum absolute atomic E-state index is 4.74. The molecule has 0 heterocycles. The molecule has 0 unspecified atom stereocenters. The van der Waals surface area contributed by atoms with Crippen molar-refractivity contribution in [2.75, 3.05) is 0 Å². The van der Waals surface area contributed by atoms with Gasteiger partial charge in [-0.15, -0.1) is 0 Å². The van der Waals surface area contributed by atoms with Crippen LogP contribution >= 0.6 is 9.29 Å². The Labute approximate surface area is 40.0 Å². The van der Waals surface area contributed by atoms with Gasteiger partial charge >= 0.3 is 39.8 Å². The summed E-state index contributed by atoms with van der Waals surface area (Å²) in [6, 6.07) is 0. The zero-order chi connectivity index (χ0) is 3.41. The van der Waals surface area contributed by atoms with Gasteiger partial charge in [-0.2, -0.15) is 0 Å². The SMILES string of the molecule is C[CH2][SnH]=[S]. The van der Waals surface area contributed by atoms with Crippen LogP contribution in [0.1, 0.15) is 6.92 Å². The van der Waals surface area contributed by atoms with Gasteiger partial charge in [-0.3, -0.25) is 0 Å². The van der Waals surface area contributed by atoms with Gasteiger partial charge in [0.05, 0.1) is 0 Å². The van der Waals surface area contributed by atoms with Gasteiger partial charge in [-0.1, -0.05) is 0 Å². The third-order valence-electron chi connectivity index (χ3n) is 0.167. The molecule has 0 nitrogen and oxygen atoms in total. The van der Waals surface area contributed by atoms with Gasteiger partial charge in [0.15, 0.2) is 0 Å². The molecule has 0 rings (SSSR count). The normalized spacial score (nSPS) is 6.25. The van der Waals surface area contributed by atoms with Gasteiger partial charge < -0.3 is 0 Å². The van der Waals surface area contributed by atoms with Crippen molar-refractivity contribution < 1.29 is 0 Å². The van der Waals surface area contributed by atoms with E-state index in [9.17, 15) is 0 Å². The second-order valence-corrected chi connectivity index (χ2v) is 6.09. The minimum absolute atomic E-state index is 0.322. The van der Waals surface area contributed by atoms with Crippen molar-refractivity contribution in [3.63, 3.8) is 0 Å². The first kappa shape index (κ1) is 5.02. The van der Waals surface area contributed by atoms with Gasteiger partial charge in [0.25, 0.3) is 0 Å². The Morgan fingerprint density at radius 3 is 2.25 bits per heavy atom. The van der Waals surface area contributed by atoms with Crippen molar-refractivity contribution in [1.82, 2.24) is 0 Å². The predicted octanol–water partition coefficient (Wildman–Crippen LogP) is 0.974. The molecule has 0 amide bonds. The molecular formula is C2H6SSn. The Morgan fingerprint density at radius 1 is 2.00 bits per heavy atom. The van der Waals surface area contributed by atoms with Crippen LogP contribution in [0.25, 0.3) is 0 Å². The van der Waals surface area contributed by atoms with Crippen LogP contribution in [0.4, 0.5) is 0 Å². The molecule has 0 aromatic carbocycles. The fourth-order valence-electron chi connectivity index (χ4n) is 0. The monoisotopic (exact) mass is 182 g/mol. The van der Waals surface area contributed by atoms with E-state index in [1.807, 2.05) is 0 Å². The molecule has 4 heavy (non-hydrogen) atoms. The van der Waals surface area contributed by atoms with Gasteiger partial charge in [0, 0.05) is 0 Å². The van der Waals surface area contributed by atoms with Crippen LogP contribution in [0, 0.1) is 0 Å². The zero-order valence-corrected chi connectivity index (χ0v) is 6.80. The predicted molar refractivity (Wildman–Crippen MR) is 25.2 cm³/mol. The quantitative estimate of drug-likeness (QED) is 0.543. The Hall–Kier alpha value is 1.02. The van der Waals surface area contributed by atoms with Crippen LogP contribution in [-0.4, -0.2) is 19.2 Å². The molecule has 0 N–H and O–H groups in total. The summed E-state index contributed by atoms with van der Waals surface area (Å²) in [5.41, 5.74) is 0. The summed E-state index contributed by atoms with van der Waals surface area (Å²) in [5.74, 6) is 0. The number of hydrogen-bond donors (Lipinski definition) is 0. The second-order valence-electron chi connectivity index (χ2n) is 0.575. The molecular weight excluding hydrogens is 175 g/mol. The molecule has 0 radical (unpaired) electrons. The number of rotatable bonds is 1. The Balaban J connectivity index is 2.30. The molecule has 0 aromatic rings. The van der Waals surface area contributed by atoms with E-state index >= 15 is 0 Å². The van der Waals surface area contributed by atoms with E-state index in [1.54, 1.807) is 0 Å². The molecule has 0 aliphatic rings. The standard InChI is InChI=1S/C2H5.S.Sn.H/c1-2;;;/h1H2,2H3;;;. The van der Waals surface area contributed by atoms with Crippen molar-refractivity contribution in [2.24, 2.45) is 0 Å². The third kappa shape index (κ3) is 3.02. The molecule has 0 saturated carbocycles. The van der Waals surface area contributed by atoms with E-state index in [0.717, 1.165) is 0 Å². The van der Waals surface area contributed by atoms with Crippen LogP contribution in [0.15, 0.2) is 0 Å². The van der Waals surface area contributed by atoms with E-state index in [4.69, 9.17) is 9.29 Å². The van der Waals surface area contributed by atoms with E-state index in [-0.39, 0.29) is 19.2 Å². The molecule has 0 aromatic heterocycles. The Kier molecular flexibility index (Phi) is 5.04. The van der Waals surface area contributed by atoms with Gasteiger partial charge in [0.1, 0.15) is 0 Å². The fraction of sp³-hybridized carbons (Fsp3) is 1.00. The first-order valence-electron chi connectivity index (χ1n) is 1.35. The Bertz CT molecular complexity index is 20.0. The van der Waals surface area contributed by atoms with E-state index in [0.29, 0.717) is 0 Å². The van der Waals surface area contributed by atoms with Crippen molar-refractivity contribution >= 4 is 28.5 Å². The van der Waals surface area contributed by atoms with Crippen LogP contribution in [-0.2, 0) is 0 Å². The van der Waals surface area contributed by atoms with Crippen LogP contribution < -0.4 is 0 Å². The number of hydrogen-bond acceptors (Lipinski definition) is 1. The summed E-state index contributed by atoms with van der Waals surface area (Å²) >= 11 is -0.322. The van der Waals surface area contributed by atoms with Crippen LogP contribution in [0.5, 0.6) is 0 Å². The van der Waals surface area contributed by atoms with Gasteiger partial charge in [0.2, 0.25) is 0 Å². The first-order valence-corrected chi connectivity index (χ1v) is 8.19. The molecule has 0 fully saturated rings. The zero-order valence-electron chi connectivity index (χ0n) is 2.69. The summed E-state index contributed by atoms with van der Waals surface area (Å²) in [6.45, 7) is 2.16. The summed E-state index contributed by atoms with van der Waals surface area (Å²) < 4.78 is 1.32. The van der Waals surface area contributed by atoms with E-state index < -0.39 is 0 Å². The topological polar surface area (TPSA) is 0 Å². The second kappa shape index (κ2) is 4.02. The summed E-state index contributed by atoms with van der Waals surface area (Å²) in [6.07, 6.45) is 0. The average Bonchev–Trinajstić information content (AvgIpc) is 1.37. The third-order valence-corrected chi connectivity index (χ3v) is 3.35. The van der Waals surface area contributed by atoms with Gasteiger partial charge in [-0.05, 0) is 0 Å². The first-order chi connectivity index (χ1) is 1.91. The molecule has 0 atom stereocenters. The maximum atomic E-state index is 4.74. The van der Waals surface area contributed by atoms with Crippen molar-refractivity contribution in [1.29, 1.82) is 0 Å². The molecule has 0 aliphatic carbocycles. The molecule has 0 bridgehead atoms.